The number of methoxy groups -OCH3 is 1. The standard InChI is InChI=1S/C30H31NO4S/c1-34-23-9-10-24(26(32)19-23)29-30(36-2)25-17-22(8-11-27(25)35-29)18-28(33)31-14-12-21(13-15-31)16-20-6-4-3-5-7-20/h3-11,17,19,21,32H,12-16,18H2,1-2H3. The summed E-state index contributed by atoms with van der Waals surface area (Å²) in [6.07, 6.45) is 5.55. The molecule has 1 saturated heterocycles. The van der Waals surface area contributed by atoms with Crippen molar-refractivity contribution in [3.63, 3.8) is 0 Å². The fourth-order valence-corrected chi connectivity index (χ4v) is 5.78. The lowest BCUT2D eigenvalue weighted by Gasteiger charge is -2.32. The summed E-state index contributed by atoms with van der Waals surface area (Å²) in [7, 11) is 1.57. The Labute approximate surface area is 216 Å². The van der Waals surface area contributed by atoms with Gasteiger partial charge < -0.3 is 19.2 Å². The van der Waals surface area contributed by atoms with Crippen LogP contribution in [0.25, 0.3) is 22.3 Å². The molecule has 1 aliphatic rings. The fraction of sp³-hybridized carbons (Fsp3) is 0.300. The molecule has 0 spiro atoms. The smallest absolute Gasteiger partial charge is 0.226 e. The third-order valence-electron chi connectivity index (χ3n) is 7.05. The first-order valence-corrected chi connectivity index (χ1v) is 13.6. The second-order valence-electron chi connectivity index (χ2n) is 9.37. The normalized spacial score (nSPS) is 14.3. The van der Waals surface area contributed by atoms with Crippen LogP contribution in [0.2, 0.25) is 0 Å². The van der Waals surface area contributed by atoms with E-state index < -0.39 is 0 Å². The summed E-state index contributed by atoms with van der Waals surface area (Å²) in [5, 5.41) is 11.5. The number of amides is 1. The van der Waals surface area contributed by atoms with Gasteiger partial charge in [-0.3, -0.25) is 4.79 Å². The third kappa shape index (κ3) is 5.09. The Hall–Kier alpha value is -3.38. The van der Waals surface area contributed by atoms with Crippen LogP contribution in [0.5, 0.6) is 11.5 Å². The number of carbonyl (C=O) groups excluding carboxylic acids is 1. The minimum atomic E-state index is 0.106. The summed E-state index contributed by atoms with van der Waals surface area (Å²) in [5.74, 6) is 2.13. The van der Waals surface area contributed by atoms with Crippen molar-refractivity contribution >= 4 is 28.6 Å². The molecule has 0 radical (unpaired) electrons. The average molecular weight is 502 g/mol. The van der Waals surface area contributed by atoms with Gasteiger partial charge in [0, 0.05) is 24.5 Å². The van der Waals surface area contributed by atoms with Gasteiger partial charge in [-0.1, -0.05) is 36.4 Å². The first-order chi connectivity index (χ1) is 17.6. The van der Waals surface area contributed by atoms with E-state index in [9.17, 15) is 9.90 Å². The van der Waals surface area contributed by atoms with Crippen molar-refractivity contribution < 1.29 is 19.1 Å². The van der Waals surface area contributed by atoms with Crippen LogP contribution >= 0.6 is 11.8 Å². The molecular formula is C30H31NO4S. The first kappa shape index (κ1) is 24.3. The monoisotopic (exact) mass is 501 g/mol. The van der Waals surface area contributed by atoms with E-state index in [2.05, 4.69) is 36.4 Å². The summed E-state index contributed by atoms with van der Waals surface area (Å²) in [4.78, 5) is 16.1. The van der Waals surface area contributed by atoms with Crippen molar-refractivity contribution in [3.8, 4) is 22.8 Å². The van der Waals surface area contributed by atoms with E-state index in [4.69, 9.17) is 9.15 Å². The van der Waals surface area contributed by atoms with E-state index in [1.807, 2.05) is 23.3 Å². The molecule has 1 fully saturated rings. The van der Waals surface area contributed by atoms with E-state index in [0.717, 1.165) is 53.8 Å². The Morgan fingerprint density at radius 3 is 2.53 bits per heavy atom. The number of thioether (sulfide) groups is 1. The van der Waals surface area contributed by atoms with Crippen LogP contribution in [0.4, 0.5) is 0 Å². The third-order valence-corrected chi connectivity index (χ3v) is 7.86. The van der Waals surface area contributed by atoms with Gasteiger partial charge in [0.15, 0.2) is 5.76 Å². The number of piperidine rings is 1. The molecule has 0 aliphatic carbocycles. The van der Waals surface area contributed by atoms with E-state index in [-0.39, 0.29) is 11.7 Å². The Morgan fingerprint density at radius 1 is 1.06 bits per heavy atom. The van der Waals surface area contributed by atoms with Crippen molar-refractivity contribution in [2.45, 2.75) is 30.6 Å². The van der Waals surface area contributed by atoms with Gasteiger partial charge in [0.05, 0.1) is 24.0 Å². The molecule has 0 saturated carbocycles. The molecule has 6 heteroatoms. The van der Waals surface area contributed by atoms with Crippen LogP contribution in [0.1, 0.15) is 24.0 Å². The number of aromatic hydroxyl groups is 1. The molecule has 0 atom stereocenters. The number of carbonyl (C=O) groups is 1. The number of phenolic OH excluding ortho intramolecular Hbond substituents is 1. The summed E-state index contributed by atoms with van der Waals surface area (Å²) in [6, 6.07) is 21.7. The molecule has 1 N–H and O–H groups in total. The van der Waals surface area contributed by atoms with Crippen LogP contribution in [0, 0.1) is 5.92 Å². The molecule has 4 aromatic rings. The molecule has 0 bridgehead atoms. The second kappa shape index (κ2) is 10.7. The van der Waals surface area contributed by atoms with Crippen LogP contribution in [-0.2, 0) is 17.6 Å². The van der Waals surface area contributed by atoms with E-state index in [1.165, 1.54) is 5.56 Å². The lowest BCUT2D eigenvalue weighted by molar-refractivity contribution is -0.131. The number of hydrogen-bond donors (Lipinski definition) is 1. The fourth-order valence-electron chi connectivity index (χ4n) is 5.06. The van der Waals surface area contributed by atoms with E-state index >= 15 is 0 Å². The Bertz CT molecular complexity index is 1360. The van der Waals surface area contributed by atoms with Crippen molar-refractivity contribution in [3.05, 3.63) is 77.9 Å². The first-order valence-electron chi connectivity index (χ1n) is 12.3. The van der Waals surface area contributed by atoms with Gasteiger partial charge in [-0.15, -0.1) is 11.8 Å². The number of benzene rings is 3. The largest absolute Gasteiger partial charge is 0.507 e. The quantitative estimate of drug-likeness (QED) is 0.291. The Kier molecular flexibility index (Phi) is 7.23. The molecule has 186 valence electrons. The van der Waals surface area contributed by atoms with Crippen LogP contribution in [-0.4, -0.2) is 42.4 Å². The number of hydrogen-bond acceptors (Lipinski definition) is 5. The summed E-state index contributed by atoms with van der Waals surface area (Å²) < 4.78 is 11.4. The average Bonchev–Trinajstić information content (AvgIpc) is 3.27. The second-order valence-corrected chi connectivity index (χ2v) is 10.2. The van der Waals surface area contributed by atoms with Gasteiger partial charge in [0.1, 0.15) is 17.1 Å². The topological polar surface area (TPSA) is 62.9 Å². The lowest BCUT2D eigenvalue weighted by atomic mass is 9.90. The zero-order valence-corrected chi connectivity index (χ0v) is 21.5. The number of fused-ring (bicyclic) bond motifs is 1. The van der Waals surface area contributed by atoms with Crippen LogP contribution in [0.15, 0.2) is 76.0 Å². The summed E-state index contributed by atoms with van der Waals surface area (Å²) >= 11 is 1.57. The van der Waals surface area contributed by atoms with Gasteiger partial charge in [0.2, 0.25) is 5.91 Å². The van der Waals surface area contributed by atoms with Crippen molar-refractivity contribution in [2.75, 3.05) is 26.5 Å². The van der Waals surface area contributed by atoms with Crippen LogP contribution in [0.3, 0.4) is 0 Å². The molecule has 2 heterocycles. The number of furan rings is 1. The Morgan fingerprint density at radius 2 is 1.83 bits per heavy atom. The SMILES string of the molecule is COc1ccc(-c2oc3ccc(CC(=O)N4CCC(Cc5ccccc5)CC4)cc3c2SC)c(O)c1. The highest BCUT2D eigenvalue weighted by Crippen LogP contribution is 2.43. The molecule has 0 unspecified atom stereocenters. The van der Waals surface area contributed by atoms with E-state index in [1.54, 1.807) is 37.1 Å². The molecule has 5 rings (SSSR count). The molecule has 1 aliphatic heterocycles. The van der Waals surface area contributed by atoms with Crippen molar-refractivity contribution in [1.82, 2.24) is 4.90 Å². The predicted octanol–water partition coefficient (Wildman–Crippen LogP) is 6.56. The minimum absolute atomic E-state index is 0.106. The maximum Gasteiger partial charge on any atom is 0.226 e. The number of phenols is 1. The molecule has 3 aromatic carbocycles. The zero-order chi connectivity index (χ0) is 25.1. The zero-order valence-electron chi connectivity index (χ0n) is 20.7. The summed E-state index contributed by atoms with van der Waals surface area (Å²) in [5.41, 5.74) is 3.71. The van der Waals surface area contributed by atoms with E-state index in [0.29, 0.717) is 29.4 Å². The molecule has 5 nitrogen and oxygen atoms in total. The Balaban J connectivity index is 1.29. The molecular weight excluding hydrogens is 470 g/mol. The highest BCUT2D eigenvalue weighted by Gasteiger charge is 2.24. The van der Waals surface area contributed by atoms with Gasteiger partial charge in [0.25, 0.3) is 0 Å². The van der Waals surface area contributed by atoms with Gasteiger partial charge >= 0.3 is 0 Å². The van der Waals surface area contributed by atoms with Crippen molar-refractivity contribution in [2.24, 2.45) is 5.92 Å². The number of likely N-dealkylation sites (tertiary alicyclic amines) is 1. The minimum Gasteiger partial charge on any atom is -0.507 e. The molecule has 1 aromatic heterocycles. The van der Waals surface area contributed by atoms with Gasteiger partial charge in [-0.05, 0) is 66.8 Å². The number of rotatable bonds is 7. The summed E-state index contributed by atoms with van der Waals surface area (Å²) in [6.45, 7) is 1.64. The predicted molar refractivity (Wildman–Crippen MR) is 145 cm³/mol. The maximum absolute atomic E-state index is 13.1. The lowest BCUT2D eigenvalue weighted by Crippen LogP contribution is -2.39. The highest BCUT2D eigenvalue weighted by molar-refractivity contribution is 7.99. The van der Waals surface area contributed by atoms with Crippen LogP contribution < -0.4 is 4.74 Å². The molecule has 1 amide bonds. The number of ether oxygens (including phenoxy) is 1. The van der Waals surface area contributed by atoms with Gasteiger partial charge in [-0.2, -0.15) is 0 Å². The molecule has 36 heavy (non-hydrogen) atoms. The maximum atomic E-state index is 13.1. The van der Waals surface area contributed by atoms with Gasteiger partial charge in [-0.25, -0.2) is 0 Å². The highest BCUT2D eigenvalue weighted by atomic mass is 32.2. The number of nitrogens with zero attached hydrogens (tertiary/aromatic N) is 1. The van der Waals surface area contributed by atoms with Crippen molar-refractivity contribution in [1.29, 1.82) is 0 Å².